The number of aliphatic imine (C=N–C) groups is 1. The first-order chi connectivity index (χ1) is 13.1. The van der Waals surface area contributed by atoms with E-state index < -0.39 is 23.3 Å². The van der Waals surface area contributed by atoms with Crippen molar-refractivity contribution in [2.24, 2.45) is 4.99 Å². The summed E-state index contributed by atoms with van der Waals surface area (Å²) < 4.78 is 46.1. The van der Waals surface area contributed by atoms with Crippen molar-refractivity contribution in [3.8, 4) is 0 Å². The minimum absolute atomic E-state index is 0.101. The third-order valence-electron chi connectivity index (χ3n) is 4.32. The zero-order valence-electron chi connectivity index (χ0n) is 16.3. The van der Waals surface area contributed by atoms with Crippen LogP contribution in [0, 0.1) is 13.8 Å². The van der Waals surface area contributed by atoms with Gasteiger partial charge in [-0.05, 0) is 44.0 Å². The van der Waals surface area contributed by atoms with E-state index in [1.165, 1.54) is 19.3 Å². The Hall–Kier alpha value is -2.83. The average Bonchev–Trinajstić information content (AvgIpc) is 2.64. The van der Waals surface area contributed by atoms with E-state index in [0.29, 0.717) is 12.1 Å². The van der Waals surface area contributed by atoms with Crippen molar-refractivity contribution in [3.05, 3.63) is 64.2 Å². The van der Waals surface area contributed by atoms with E-state index in [-0.39, 0.29) is 17.9 Å². The predicted molar refractivity (Wildman–Crippen MR) is 103 cm³/mol. The van der Waals surface area contributed by atoms with Gasteiger partial charge in [0.15, 0.2) is 0 Å². The molecular weight excluding hydrogens is 369 g/mol. The second-order valence-corrected chi connectivity index (χ2v) is 6.51. The van der Waals surface area contributed by atoms with Crippen molar-refractivity contribution in [1.82, 2.24) is 4.90 Å². The van der Waals surface area contributed by atoms with Crippen LogP contribution >= 0.6 is 0 Å². The van der Waals surface area contributed by atoms with Crippen molar-refractivity contribution in [3.63, 3.8) is 0 Å². The molecule has 0 atom stereocenters. The van der Waals surface area contributed by atoms with E-state index in [0.717, 1.165) is 11.6 Å². The largest absolute Gasteiger partial charge is 0.457 e. The van der Waals surface area contributed by atoms with E-state index in [2.05, 4.69) is 4.99 Å². The molecule has 28 heavy (non-hydrogen) atoms. The highest BCUT2D eigenvalue weighted by molar-refractivity contribution is 5.92. The average molecular weight is 392 g/mol. The van der Waals surface area contributed by atoms with E-state index in [1.807, 2.05) is 26.0 Å². The highest BCUT2D eigenvalue weighted by Gasteiger charge is 2.38. The Labute approximate surface area is 162 Å². The molecule has 0 saturated heterocycles. The Bertz CT molecular complexity index is 859. The second kappa shape index (κ2) is 8.91. The molecule has 2 aromatic carbocycles. The summed E-state index contributed by atoms with van der Waals surface area (Å²) in [4.78, 5) is 18.2. The first kappa shape index (κ1) is 21.5. The van der Waals surface area contributed by atoms with Crippen LogP contribution in [0.3, 0.4) is 0 Å². The predicted octanol–water partition coefficient (Wildman–Crippen LogP) is 5.29. The second-order valence-electron chi connectivity index (χ2n) is 6.51. The fourth-order valence-corrected chi connectivity index (χ4v) is 2.53. The molecule has 0 aliphatic rings. The molecule has 2 rings (SSSR count). The molecule has 0 aliphatic carbocycles. The van der Waals surface area contributed by atoms with Crippen molar-refractivity contribution >= 4 is 18.0 Å². The Kier molecular flexibility index (Phi) is 6.83. The molecule has 0 fully saturated rings. The van der Waals surface area contributed by atoms with Gasteiger partial charge in [-0.25, -0.2) is 9.79 Å². The Balaban J connectivity index is 2.32. The summed E-state index contributed by atoms with van der Waals surface area (Å²) in [5.74, 6) is -1.02. The molecule has 0 amide bonds. The van der Waals surface area contributed by atoms with E-state index in [4.69, 9.17) is 4.74 Å². The fourth-order valence-electron chi connectivity index (χ4n) is 2.53. The normalized spacial score (nSPS) is 11.7. The van der Waals surface area contributed by atoms with E-state index >= 15 is 0 Å². The number of hydrogen-bond acceptors (Lipinski definition) is 3. The summed E-state index contributed by atoms with van der Waals surface area (Å²) in [6.07, 6.45) is -3.25. The van der Waals surface area contributed by atoms with Gasteiger partial charge in [0, 0.05) is 13.6 Å². The fraction of sp³-hybridized carbons (Fsp3) is 0.333. The first-order valence-electron chi connectivity index (χ1n) is 8.81. The molecule has 0 N–H and O–H groups in total. The number of hydrogen-bond donors (Lipinski definition) is 0. The number of benzene rings is 2. The minimum Gasteiger partial charge on any atom is -0.457 e. The molecule has 7 heteroatoms. The molecule has 0 spiro atoms. The van der Waals surface area contributed by atoms with Crippen LogP contribution < -0.4 is 0 Å². The molecule has 0 radical (unpaired) electrons. The van der Waals surface area contributed by atoms with Crippen LogP contribution in [0.2, 0.25) is 0 Å². The zero-order valence-corrected chi connectivity index (χ0v) is 16.3. The monoisotopic (exact) mass is 392 g/mol. The summed E-state index contributed by atoms with van der Waals surface area (Å²) in [6, 6.07) is 9.73. The third-order valence-corrected chi connectivity index (χ3v) is 4.32. The third kappa shape index (κ3) is 5.34. The maximum atomic E-state index is 13.7. The highest BCUT2D eigenvalue weighted by atomic mass is 19.4. The molecule has 0 aromatic heterocycles. The molecular formula is C21H23F3N2O2. The van der Waals surface area contributed by atoms with Gasteiger partial charge >= 0.3 is 12.1 Å². The SMILES string of the molecule is CCN(C)C=Nc1ccc(C(=O)OCc2ccc(C)cc2)c(C(F)(F)F)c1C. The Morgan fingerprint density at radius 3 is 2.36 bits per heavy atom. The number of ether oxygens (including phenoxy) is 1. The van der Waals surface area contributed by atoms with Gasteiger partial charge in [-0.3, -0.25) is 0 Å². The summed E-state index contributed by atoms with van der Waals surface area (Å²) in [6.45, 7) is 5.68. The van der Waals surface area contributed by atoms with Crippen molar-refractivity contribution in [1.29, 1.82) is 0 Å². The lowest BCUT2D eigenvalue weighted by molar-refractivity contribution is -0.138. The van der Waals surface area contributed by atoms with Crippen molar-refractivity contribution < 1.29 is 22.7 Å². The number of alkyl halides is 3. The lowest BCUT2D eigenvalue weighted by Gasteiger charge is -2.17. The number of aryl methyl sites for hydroxylation is 1. The molecule has 0 saturated carbocycles. The van der Waals surface area contributed by atoms with Gasteiger partial charge in [-0.15, -0.1) is 0 Å². The molecule has 2 aromatic rings. The van der Waals surface area contributed by atoms with E-state index in [9.17, 15) is 18.0 Å². The number of carbonyl (C=O) groups excluding carboxylic acids is 1. The number of rotatable bonds is 6. The lowest BCUT2D eigenvalue weighted by atomic mass is 9.99. The molecule has 0 heterocycles. The molecule has 0 bridgehead atoms. The van der Waals surface area contributed by atoms with Crippen LogP contribution in [0.5, 0.6) is 0 Å². The molecule has 150 valence electrons. The van der Waals surface area contributed by atoms with Gasteiger partial charge in [0.1, 0.15) is 6.61 Å². The van der Waals surface area contributed by atoms with Crippen molar-refractivity contribution in [2.75, 3.05) is 13.6 Å². The van der Waals surface area contributed by atoms with Gasteiger partial charge in [-0.2, -0.15) is 13.2 Å². The van der Waals surface area contributed by atoms with Gasteiger partial charge in [0.2, 0.25) is 0 Å². The molecule has 4 nitrogen and oxygen atoms in total. The van der Waals surface area contributed by atoms with Crippen LogP contribution in [0.25, 0.3) is 0 Å². The molecule has 0 aliphatic heterocycles. The number of nitrogens with zero attached hydrogens (tertiary/aromatic N) is 2. The summed E-state index contributed by atoms with van der Waals surface area (Å²) >= 11 is 0. The van der Waals surface area contributed by atoms with Crippen molar-refractivity contribution in [2.45, 2.75) is 33.6 Å². The van der Waals surface area contributed by atoms with Crippen LogP contribution in [0.1, 0.15) is 39.5 Å². The number of carbonyl (C=O) groups is 1. The quantitative estimate of drug-likeness (QED) is 0.381. The minimum atomic E-state index is -4.70. The van der Waals surface area contributed by atoms with Crippen LogP contribution in [0.4, 0.5) is 18.9 Å². The topological polar surface area (TPSA) is 41.9 Å². The van der Waals surface area contributed by atoms with Crippen LogP contribution in [0.15, 0.2) is 41.4 Å². The number of esters is 1. The standard InChI is InChI=1S/C21H23F3N2O2/c1-5-26(4)13-25-18-11-10-17(19(15(18)3)21(22,23)24)20(27)28-12-16-8-6-14(2)7-9-16/h6-11,13H,5,12H2,1-4H3. The van der Waals surface area contributed by atoms with Gasteiger partial charge in [-0.1, -0.05) is 29.8 Å². The smallest absolute Gasteiger partial charge is 0.417 e. The summed E-state index contributed by atoms with van der Waals surface area (Å²) in [7, 11) is 1.76. The lowest BCUT2D eigenvalue weighted by Crippen LogP contribution is -2.17. The van der Waals surface area contributed by atoms with Gasteiger partial charge in [0.05, 0.1) is 23.2 Å². The maximum absolute atomic E-state index is 13.7. The van der Waals surface area contributed by atoms with Gasteiger partial charge in [0.25, 0.3) is 0 Å². The Morgan fingerprint density at radius 1 is 1.14 bits per heavy atom. The Morgan fingerprint density at radius 2 is 1.79 bits per heavy atom. The van der Waals surface area contributed by atoms with E-state index in [1.54, 1.807) is 24.1 Å². The summed E-state index contributed by atoms with van der Waals surface area (Å²) in [5, 5.41) is 0. The zero-order chi connectivity index (χ0) is 20.9. The van der Waals surface area contributed by atoms with Crippen LogP contribution in [-0.4, -0.2) is 30.8 Å². The van der Waals surface area contributed by atoms with Crippen LogP contribution in [-0.2, 0) is 17.5 Å². The highest BCUT2D eigenvalue weighted by Crippen LogP contribution is 2.38. The number of halogens is 3. The first-order valence-corrected chi connectivity index (χ1v) is 8.81. The summed E-state index contributed by atoms with van der Waals surface area (Å²) in [5.41, 5.74) is 0.249. The molecule has 0 unspecified atom stereocenters. The maximum Gasteiger partial charge on any atom is 0.417 e. The van der Waals surface area contributed by atoms with Gasteiger partial charge < -0.3 is 9.64 Å².